The van der Waals surface area contributed by atoms with E-state index < -0.39 is 6.03 Å². The van der Waals surface area contributed by atoms with Gasteiger partial charge in [-0.25, -0.2) is 9.80 Å². The van der Waals surface area contributed by atoms with E-state index in [4.69, 9.17) is 0 Å². The third kappa shape index (κ3) is 4.23. The Labute approximate surface area is 145 Å². The van der Waals surface area contributed by atoms with Crippen molar-refractivity contribution in [2.24, 2.45) is 0 Å². The molecule has 0 unspecified atom stereocenters. The summed E-state index contributed by atoms with van der Waals surface area (Å²) in [6.45, 7) is 0. The number of benzene rings is 3. The average molecular weight is 331 g/mol. The summed E-state index contributed by atoms with van der Waals surface area (Å²) in [7, 11) is 0. The van der Waals surface area contributed by atoms with Crippen molar-refractivity contribution in [3.8, 4) is 0 Å². The molecule has 0 saturated carbocycles. The van der Waals surface area contributed by atoms with E-state index in [9.17, 15) is 9.59 Å². The summed E-state index contributed by atoms with van der Waals surface area (Å²) in [4.78, 5) is 25.1. The summed E-state index contributed by atoms with van der Waals surface area (Å²) < 4.78 is 0. The van der Waals surface area contributed by atoms with Crippen molar-refractivity contribution >= 4 is 23.3 Å². The molecule has 0 aliphatic heterocycles. The van der Waals surface area contributed by atoms with E-state index in [1.165, 1.54) is 5.01 Å². The molecule has 3 amide bonds. The molecule has 0 aromatic heterocycles. The van der Waals surface area contributed by atoms with E-state index in [0.29, 0.717) is 16.9 Å². The van der Waals surface area contributed by atoms with E-state index in [-0.39, 0.29) is 5.91 Å². The standard InChI is InChI=1S/C20H17N3O2/c24-19(16-10-4-1-5-11-16)22-23(18-14-8-3-9-15-18)20(25)21-17-12-6-2-7-13-17/h1-15H,(H,21,25)(H,22,24). The number of para-hydroxylation sites is 2. The minimum absolute atomic E-state index is 0.368. The first-order valence-corrected chi connectivity index (χ1v) is 7.81. The fourth-order valence-electron chi connectivity index (χ4n) is 2.27. The third-order valence-corrected chi connectivity index (χ3v) is 3.49. The second kappa shape index (κ2) is 7.79. The van der Waals surface area contributed by atoms with Crippen LogP contribution in [-0.4, -0.2) is 11.9 Å². The molecule has 0 spiro atoms. The number of hydrogen-bond donors (Lipinski definition) is 2. The molecule has 0 bridgehead atoms. The minimum Gasteiger partial charge on any atom is -0.306 e. The number of hydrogen-bond acceptors (Lipinski definition) is 2. The lowest BCUT2D eigenvalue weighted by Crippen LogP contribution is -2.48. The predicted octanol–water partition coefficient (Wildman–Crippen LogP) is 4.07. The Kier molecular flexibility index (Phi) is 5.07. The summed E-state index contributed by atoms with van der Waals surface area (Å²) in [6, 6.07) is 26.3. The highest BCUT2D eigenvalue weighted by atomic mass is 16.2. The van der Waals surface area contributed by atoms with E-state index in [1.54, 1.807) is 60.7 Å². The average Bonchev–Trinajstić information content (AvgIpc) is 2.68. The van der Waals surface area contributed by atoms with E-state index in [2.05, 4.69) is 10.7 Å². The zero-order valence-corrected chi connectivity index (χ0v) is 13.4. The molecule has 5 heteroatoms. The number of nitrogens with zero attached hydrogens (tertiary/aromatic N) is 1. The molecule has 3 rings (SSSR count). The Hall–Kier alpha value is -3.60. The van der Waals surface area contributed by atoms with Gasteiger partial charge < -0.3 is 5.32 Å². The third-order valence-electron chi connectivity index (χ3n) is 3.49. The summed E-state index contributed by atoms with van der Waals surface area (Å²) in [6.07, 6.45) is 0. The van der Waals surface area contributed by atoms with Gasteiger partial charge >= 0.3 is 6.03 Å². The molecule has 5 nitrogen and oxygen atoms in total. The molecule has 3 aromatic rings. The largest absolute Gasteiger partial charge is 0.345 e. The van der Waals surface area contributed by atoms with Gasteiger partial charge in [-0.05, 0) is 36.4 Å². The Bertz CT molecular complexity index is 837. The summed E-state index contributed by atoms with van der Waals surface area (Å²) >= 11 is 0. The first kappa shape index (κ1) is 16.3. The molecule has 2 N–H and O–H groups in total. The highest BCUT2D eigenvalue weighted by Gasteiger charge is 2.19. The van der Waals surface area contributed by atoms with Gasteiger partial charge in [0.25, 0.3) is 5.91 Å². The zero-order valence-electron chi connectivity index (χ0n) is 13.4. The lowest BCUT2D eigenvalue weighted by atomic mass is 10.2. The van der Waals surface area contributed by atoms with Crippen molar-refractivity contribution in [1.29, 1.82) is 0 Å². The lowest BCUT2D eigenvalue weighted by Gasteiger charge is -2.23. The fraction of sp³-hybridized carbons (Fsp3) is 0. The monoisotopic (exact) mass is 331 g/mol. The molecule has 0 saturated heterocycles. The number of hydrazine groups is 1. The molecule has 0 aliphatic carbocycles. The Morgan fingerprint density at radius 1 is 0.680 bits per heavy atom. The number of carbonyl (C=O) groups excluding carboxylic acids is 2. The Morgan fingerprint density at radius 3 is 1.80 bits per heavy atom. The van der Waals surface area contributed by atoms with Crippen LogP contribution in [0.3, 0.4) is 0 Å². The van der Waals surface area contributed by atoms with Crippen LogP contribution in [0.5, 0.6) is 0 Å². The van der Waals surface area contributed by atoms with Crippen molar-refractivity contribution in [3.63, 3.8) is 0 Å². The van der Waals surface area contributed by atoms with Crippen LogP contribution < -0.4 is 15.8 Å². The summed E-state index contributed by atoms with van der Waals surface area (Å²) in [5.74, 6) is -0.368. The van der Waals surface area contributed by atoms with Gasteiger partial charge in [0.2, 0.25) is 0 Å². The van der Waals surface area contributed by atoms with E-state index in [0.717, 1.165) is 0 Å². The first-order valence-electron chi connectivity index (χ1n) is 7.81. The smallest absolute Gasteiger partial charge is 0.306 e. The second-order valence-corrected chi connectivity index (χ2v) is 5.27. The predicted molar refractivity (Wildman–Crippen MR) is 98.3 cm³/mol. The Balaban J connectivity index is 1.83. The van der Waals surface area contributed by atoms with Gasteiger partial charge in [-0.15, -0.1) is 0 Å². The maximum absolute atomic E-state index is 12.7. The molecule has 0 heterocycles. The molecule has 0 radical (unpaired) electrons. The highest BCUT2D eigenvalue weighted by molar-refractivity contribution is 6.05. The molecule has 0 fully saturated rings. The summed E-state index contributed by atoms with van der Waals surface area (Å²) in [5.41, 5.74) is 4.32. The van der Waals surface area contributed by atoms with Crippen LogP contribution in [0.1, 0.15) is 10.4 Å². The van der Waals surface area contributed by atoms with Crippen molar-refractivity contribution in [1.82, 2.24) is 5.43 Å². The number of urea groups is 1. The number of nitrogens with one attached hydrogen (secondary N) is 2. The molecule has 3 aromatic carbocycles. The normalized spacial score (nSPS) is 9.92. The van der Waals surface area contributed by atoms with Crippen LogP contribution >= 0.6 is 0 Å². The summed E-state index contributed by atoms with van der Waals surface area (Å²) in [5, 5.41) is 3.97. The molecule has 124 valence electrons. The van der Waals surface area contributed by atoms with Crippen molar-refractivity contribution in [2.75, 3.05) is 10.3 Å². The van der Waals surface area contributed by atoms with Crippen LogP contribution in [0.2, 0.25) is 0 Å². The lowest BCUT2D eigenvalue weighted by molar-refractivity contribution is 0.0951. The molecule has 0 aliphatic rings. The number of carbonyl (C=O) groups is 2. The fourth-order valence-corrected chi connectivity index (χ4v) is 2.27. The van der Waals surface area contributed by atoms with Gasteiger partial charge in [-0.3, -0.25) is 10.2 Å². The minimum atomic E-state index is -0.457. The van der Waals surface area contributed by atoms with Crippen LogP contribution in [0.4, 0.5) is 16.2 Å². The van der Waals surface area contributed by atoms with Crippen LogP contribution in [-0.2, 0) is 0 Å². The van der Waals surface area contributed by atoms with Crippen molar-refractivity contribution in [3.05, 3.63) is 96.6 Å². The van der Waals surface area contributed by atoms with Crippen LogP contribution in [0.25, 0.3) is 0 Å². The van der Waals surface area contributed by atoms with Gasteiger partial charge in [-0.2, -0.15) is 0 Å². The molecular weight excluding hydrogens is 314 g/mol. The van der Waals surface area contributed by atoms with Crippen LogP contribution in [0, 0.1) is 0 Å². The van der Waals surface area contributed by atoms with Crippen LogP contribution in [0.15, 0.2) is 91.0 Å². The first-order chi connectivity index (χ1) is 12.2. The Morgan fingerprint density at radius 2 is 1.20 bits per heavy atom. The topological polar surface area (TPSA) is 61.4 Å². The molecular formula is C20H17N3O2. The number of rotatable bonds is 3. The van der Waals surface area contributed by atoms with Gasteiger partial charge in [0, 0.05) is 11.3 Å². The molecule has 0 atom stereocenters. The maximum Gasteiger partial charge on any atom is 0.345 e. The zero-order chi connectivity index (χ0) is 17.5. The quantitative estimate of drug-likeness (QED) is 0.711. The van der Waals surface area contributed by atoms with Gasteiger partial charge in [0.1, 0.15) is 0 Å². The van der Waals surface area contributed by atoms with Gasteiger partial charge in [0.05, 0.1) is 5.69 Å². The second-order valence-electron chi connectivity index (χ2n) is 5.27. The SMILES string of the molecule is O=C(NN(C(=O)Nc1ccccc1)c1ccccc1)c1ccccc1. The number of anilines is 2. The highest BCUT2D eigenvalue weighted by Crippen LogP contribution is 2.14. The van der Waals surface area contributed by atoms with E-state index in [1.807, 2.05) is 30.3 Å². The van der Waals surface area contributed by atoms with Gasteiger partial charge in [-0.1, -0.05) is 54.6 Å². The van der Waals surface area contributed by atoms with Crippen molar-refractivity contribution in [2.45, 2.75) is 0 Å². The number of amides is 3. The van der Waals surface area contributed by atoms with Gasteiger partial charge in [0.15, 0.2) is 0 Å². The molecule has 25 heavy (non-hydrogen) atoms. The maximum atomic E-state index is 12.7. The van der Waals surface area contributed by atoms with Crippen molar-refractivity contribution < 1.29 is 9.59 Å². The van der Waals surface area contributed by atoms with E-state index >= 15 is 0 Å².